The molecule has 4 rings (SSSR count). The Morgan fingerprint density at radius 3 is 2.76 bits per heavy atom. The largest absolute Gasteiger partial charge is 0.483 e. The molecule has 0 saturated carbocycles. The molecule has 0 atom stereocenters. The zero-order valence-corrected chi connectivity index (χ0v) is 16.3. The van der Waals surface area contributed by atoms with Crippen LogP contribution in [0.1, 0.15) is 13.8 Å². The molecule has 0 radical (unpaired) electrons. The van der Waals surface area contributed by atoms with Crippen molar-refractivity contribution in [1.29, 1.82) is 0 Å². The van der Waals surface area contributed by atoms with Crippen molar-refractivity contribution in [2.45, 2.75) is 19.4 Å². The molecule has 0 unspecified atom stereocenters. The number of fused-ring (bicyclic) bond motifs is 2. The van der Waals surface area contributed by atoms with Crippen LogP contribution in [0.15, 0.2) is 54.9 Å². The van der Waals surface area contributed by atoms with Crippen molar-refractivity contribution in [3.8, 4) is 5.75 Å². The van der Waals surface area contributed by atoms with Crippen molar-refractivity contribution >= 4 is 34.0 Å². The van der Waals surface area contributed by atoms with Crippen LogP contribution in [0.25, 0.3) is 10.8 Å². The number of benzene rings is 2. The molecule has 7 heteroatoms. The lowest BCUT2D eigenvalue weighted by Crippen LogP contribution is -2.62. The molecule has 1 aliphatic heterocycles. The van der Waals surface area contributed by atoms with Gasteiger partial charge in [-0.3, -0.25) is 19.5 Å². The van der Waals surface area contributed by atoms with E-state index < -0.39 is 17.3 Å². The average Bonchev–Trinajstić information content (AvgIpc) is 2.71. The molecule has 0 bridgehead atoms. The highest BCUT2D eigenvalue weighted by Gasteiger charge is 2.46. The Bertz CT molecular complexity index is 1120. The first kappa shape index (κ1) is 18.9. The zero-order valence-electron chi connectivity index (χ0n) is 16.3. The van der Waals surface area contributed by atoms with Gasteiger partial charge < -0.3 is 9.64 Å². The highest BCUT2D eigenvalue weighted by molar-refractivity contribution is 6.15. The Hall–Kier alpha value is -3.48. The number of carbonyl (C=O) groups is 2. The lowest BCUT2D eigenvalue weighted by Gasteiger charge is -2.45. The predicted octanol–water partition coefficient (Wildman–Crippen LogP) is 3.54. The van der Waals surface area contributed by atoms with Gasteiger partial charge in [-0.1, -0.05) is 12.1 Å². The van der Waals surface area contributed by atoms with Crippen molar-refractivity contribution in [3.63, 3.8) is 0 Å². The van der Waals surface area contributed by atoms with E-state index in [9.17, 15) is 14.0 Å². The number of amides is 2. The molecule has 0 fully saturated rings. The second kappa shape index (κ2) is 6.84. The number of hydrogen-bond acceptors (Lipinski definition) is 4. The molecule has 6 nitrogen and oxygen atoms in total. The molecular formula is C22H20FN3O3. The van der Waals surface area contributed by atoms with Gasteiger partial charge in [0.05, 0.1) is 11.4 Å². The number of halogens is 1. The molecule has 2 heterocycles. The maximum atomic E-state index is 13.8. The lowest BCUT2D eigenvalue weighted by molar-refractivity contribution is -0.128. The number of likely N-dealkylation sites (N-methyl/N-ethyl adjacent to an activating group) is 1. The minimum absolute atomic E-state index is 0.265. The molecule has 0 spiro atoms. The van der Waals surface area contributed by atoms with Gasteiger partial charge in [0.2, 0.25) is 0 Å². The van der Waals surface area contributed by atoms with Gasteiger partial charge in [0.15, 0.2) is 6.61 Å². The summed E-state index contributed by atoms with van der Waals surface area (Å²) in [7, 11) is 1.57. The Morgan fingerprint density at radius 2 is 1.97 bits per heavy atom. The van der Waals surface area contributed by atoms with Crippen LogP contribution < -0.4 is 14.5 Å². The molecule has 0 aliphatic carbocycles. The number of carbonyl (C=O) groups excluding carboxylic acids is 2. The van der Waals surface area contributed by atoms with Gasteiger partial charge in [0, 0.05) is 30.2 Å². The number of rotatable bonds is 3. The molecule has 2 aromatic carbocycles. The summed E-state index contributed by atoms with van der Waals surface area (Å²) in [5, 5.41) is 1.74. The Morgan fingerprint density at radius 1 is 1.17 bits per heavy atom. The number of hydrogen-bond donors (Lipinski definition) is 0. The molecule has 29 heavy (non-hydrogen) atoms. The quantitative estimate of drug-likeness (QED) is 0.683. The number of nitrogens with zero attached hydrogens (tertiary/aromatic N) is 3. The highest BCUT2D eigenvalue weighted by Crippen LogP contribution is 2.40. The summed E-state index contributed by atoms with van der Waals surface area (Å²) < 4.78 is 19.6. The van der Waals surface area contributed by atoms with Crippen LogP contribution >= 0.6 is 0 Å². The third-order valence-corrected chi connectivity index (χ3v) is 5.17. The molecule has 1 aromatic heterocycles. The van der Waals surface area contributed by atoms with Crippen LogP contribution in [0.4, 0.5) is 15.8 Å². The molecule has 1 aliphatic rings. The summed E-state index contributed by atoms with van der Waals surface area (Å²) >= 11 is 0. The maximum Gasteiger partial charge on any atom is 0.265 e. The van der Waals surface area contributed by atoms with Gasteiger partial charge in [-0.2, -0.15) is 0 Å². The van der Waals surface area contributed by atoms with Crippen LogP contribution in [-0.4, -0.2) is 36.0 Å². The van der Waals surface area contributed by atoms with Crippen LogP contribution in [0.2, 0.25) is 0 Å². The first-order chi connectivity index (χ1) is 13.8. The van der Waals surface area contributed by atoms with Gasteiger partial charge in [0.1, 0.15) is 17.1 Å². The Kier molecular flexibility index (Phi) is 4.45. The molecule has 3 aromatic rings. The second-order valence-corrected chi connectivity index (χ2v) is 7.43. The predicted molar refractivity (Wildman–Crippen MR) is 109 cm³/mol. The van der Waals surface area contributed by atoms with E-state index in [2.05, 4.69) is 4.98 Å². The zero-order chi connectivity index (χ0) is 20.8. The van der Waals surface area contributed by atoms with Gasteiger partial charge >= 0.3 is 0 Å². The van der Waals surface area contributed by atoms with E-state index in [-0.39, 0.29) is 12.5 Å². The smallest absolute Gasteiger partial charge is 0.265 e. The Labute approximate surface area is 167 Å². The number of pyridine rings is 1. The van der Waals surface area contributed by atoms with E-state index in [0.717, 1.165) is 10.8 Å². The summed E-state index contributed by atoms with van der Waals surface area (Å²) in [4.78, 5) is 32.8. The molecular weight excluding hydrogens is 373 g/mol. The summed E-state index contributed by atoms with van der Waals surface area (Å²) in [6, 6.07) is 11.4. The molecule has 2 amide bonds. The van der Waals surface area contributed by atoms with Crippen molar-refractivity contribution in [2.75, 3.05) is 23.5 Å². The van der Waals surface area contributed by atoms with Gasteiger partial charge in [-0.15, -0.1) is 0 Å². The molecule has 0 saturated heterocycles. The summed E-state index contributed by atoms with van der Waals surface area (Å²) in [5.74, 6) is -0.623. The van der Waals surface area contributed by atoms with E-state index in [1.165, 1.54) is 28.0 Å². The minimum atomic E-state index is -1.14. The maximum absolute atomic E-state index is 13.8. The van der Waals surface area contributed by atoms with Gasteiger partial charge in [-0.25, -0.2) is 4.39 Å². The fourth-order valence-electron chi connectivity index (χ4n) is 3.74. The minimum Gasteiger partial charge on any atom is -0.483 e. The summed E-state index contributed by atoms with van der Waals surface area (Å²) in [5.41, 5.74) is -0.323. The lowest BCUT2D eigenvalue weighted by atomic mass is 9.95. The summed E-state index contributed by atoms with van der Waals surface area (Å²) in [6.07, 6.45) is 3.38. The average molecular weight is 393 g/mol. The van der Waals surface area contributed by atoms with E-state index >= 15 is 0 Å². The van der Waals surface area contributed by atoms with Crippen molar-refractivity contribution in [3.05, 3.63) is 60.7 Å². The Balaban J connectivity index is 1.67. The topological polar surface area (TPSA) is 62.7 Å². The van der Waals surface area contributed by atoms with Crippen molar-refractivity contribution < 1.29 is 18.7 Å². The van der Waals surface area contributed by atoms with Crippen molar-refractivity contribution in [1.82, 2.24) is 4.98 Å². The van der Waals surface area contributed by atoms with E-state index in [1.54, 1.807) is 39.4 Å². The fourth-order valence-corrected chi connectivity index (χ4v) is 3.74. The van der Waals surface area contributed by atoms with Crippen LogP contribution in [0.5, 0.6) is 5.75 Å². The third-order valence-electron chi connectivity index (χ3n) is 5.17. The molecule has 148 valence electrons. The monoisotopic (exact) mass is 393 g/mol. The van der Waals surface area contributed by atoms with Crippen LogP contribution in [0.3, 0.4) is 0 Å². The van der Waals surface area contributed by atoms with Gasteiger partial charge in [0.25, 0.3) is 11.8 Å². The molecule has 0 N–H and O–H groups in total. The fraction of sp³-hybridized carbons (Fsp3) is 0.227. The number of anilines is 2. The first-order valence-corrected chi connectivity index (χ1v) is 9.17. The normalized spacial score (nSPS) is 15.4. The van der Waals surface area contributed by atoms with E-state index in [0.29, 0.717) is 17.1 Å². The third kappa shape index (κ3) is 3.08. The SMILES string of the molecule is CN1C(=O)C(C)(C)N(C(=O)COc2cccc3cnccc23)c2ccc(F)cc21. The van der Waals surface area contributed by atoms with Crippen molar-refractivity contribution in [2.24, 2.45) is 0 Å². The standard InChI is InChI=1S/C22H20FN3O3/c1-22(2)21(28)25(3)18-11-15(23)7-8-17(18)26(22)20(27)13-29-19-6-4-5-14-12-24-10-9-16(14)19/h4-12H,13H2,1-3H3. The highest BCUT2D eigenvalue weighted by atomic mass is 19.1. The second-order valence-electron chi connectivity index (χ2n) is 7.43. The van der Waals surface area contributed by atoms with E-state index in [1.807, 2.05) is 18.2 Å². The van der Waals surface area contributed by atoms with Crippen LogP contribution in [-0.2, 0) is 9.59 Å². The number of ether oxygens (including phenoxy) is 1. The van der Waals surface area contributed by atoms with Gasteiger partial charge in [-0.05, 0) is 44.2 Å². The van der Waals surface area contributed by atoms with E-state index in [4.69, 9.17) is 4.74 Å². The van der Waals surface area contributed by atoms with Crippen LogP contribution in [0, 0.1) is 5.82 Å². The summed E-state index contributed by atoms with van der Waals surface area (Å²) in [6.45, 7) is 3.07. The number of aromatic nitrogens is 1. The first-order valence-electron chi connectivity index (χ1n) is 9.17.